The molecule has 2 rings (SSSR count). The molecule has 1 N–H and O–H groups in total. The van der Waals surface area contributed by atoms with Crippen molar-refractivity contribution in [2.45, 2.75) is 62.9 Å². The minimum atomic E-state index is 0.117. The number of benzene rings is 1. The average molecular weight is 335 g/mol. The maximum Gasteiger partial charge on any atom is 0.230 e. The fourth-order valence-corrected chi connectivity index (χ4v) is 3.23. The molecule has 128 valence electrons. The number of rotatable bonds is 7. The van der Waals surface area contributed by atoms with E-state index in [0.29, 0.717) is 11.8 Å². The van der Waals surface area contributed by atoms with Crippen molar-refractivity contribution in [2.75, 3.05) is 19.3 Å². The van der Waals surface area contributed by atoms with Gasteiger partial charge < -0.3 is 5.32 Å². The molecule has 1 aromatic carbocycles. The van der Waals surface area contributed by atoms with Gasteiger partial charge in [0.05, 0.1) is 5.75 Å². The van der Waals surface area contributed by atoms with E-state index < -0.39 is 0 Å². The van der Waals surface area contributed by atoms with Crippen molar-refractivity contribution in [3.05, 3.63) is 29.8 Å². The fraction of sp³-hybridized carbons (Fsp3) is 0.632. The second kappa shape index (κ2) is 7.71. The van der Waals surface area contributed by atoms with Gasteiger partial charge in [-0.2, -0.15) is 0 Å². The molecule has 1 fully saturated rings. The minimum absolute atomic E-state index is 0.117. The van der Waals surface area contributed by atoms with Crippen molar-refractivity contribution in [1.29, 1.82) is 0 Å². The first-order valence-corrected chi connectivity index (χ1v) is 9.48. The van der Waals surface area contributed by atoms with Crippen LogP contribution < -0.4 is 5.32 Å². The zero-order valence-electron chi connectivity index (χ0n) is 15.1. The zero-order valence-corrected chi connectivity index (χ0v) is 15.9. The van der Waals surface area contributed by atoms with Gasteiger partial charge in [0.25, 0.3) is 0 Å². The van der Waals surface area contributed by atoms with Gasteiger partial charge in [-0.1, -0.05) is 32.9 Å². The monoisotopic (exact) mass is 334 g/mol. The third-order valence-corrected chi connectivity index (χ3v) is 5.52. The van der Waals surface area contributed by atoms with E-state index in [1.54, 1.807) is 11.8 Å². The van der Waals surface area contributed by atoms with Crippen LogP contribution in [0.25, 0.3) is 0 Å². The number of likely N-dealkylation sites (N-methyl/N-ethyl adjacent to an activating group) is 1. The van der Waals surface area contributed by atoms with E-state index in [9.17, 15) is 4.79 Å². The Morgan fingerprint density at radius 1 is 1.30 bits per heavy atom. The predicted octanol–water partition coefficient (Wildman–Crippen LogP) is 3.68. The number of thioether (sulfide) groups is 1. The van der Waals surface area contributed by atoms with E-state index >= 15 is 0 Å². The Bertz CT molecular complexity index is 517. The Balaban J connectivity index is 1.71. The van der Waals surface area contributed by atoms with Gasteiger partial charge >= 0.3 is 0 Å². The third kappa shape index (κ3) is 5.85. The van der Waals surface area contributed by atoms with Gasteiger partial charge in [0.1, 0.15) is 0 Å². The highest BCUT2D eigenvalue weighted by molar-refractivity contribution is 8.00. The first-order chi connectivity index (χ1) is 10.8. The van der Waals surface area contributed by atoms with Gasteiger partial charge in [0.2, 0.25) is 5.91 Å². The number of hydrogen-bond acceptors (Lipinski definition) is 3. The summed E-state index contributed by atoms with van der Waals surface area (Å²) >= 11 is 1.60. The highest BCUT2D eigenvalue weighted by Crippen LogP contribution is 2.27. The van der Waals surface area contributed by atoms with Gasteiger partial charge in [-0.15, -0.1) is 11.8 Å². The summed E-state index contributed by atoms with van der Waals surface area (Å²) in [7, 11) is 2.15. The summed E-state index contributed by atoms with van der Waals surface area (Å²) in [5.74, 6) is 0.597. The van der Waals surface area contributed by atoms with Crippen molar-refractivity contribution in [3.8, 4) is 0 Å². The summed E-state index contributed by atoms with van der Waals surface area (Å²) in [5, 5.41) is 3.05. The first-order valence-electron chi connectivity index (χ1n) is 8.49. The van der Waals surface area contributed by atoms with E-state index in [1.165, 1.54) is 18.4 Å². The molecule has 0 aliphatic heterocycles. The summed E-state index contributed by atoms with van der Waals surface area (Å²) < 4.78 is 0. The molecule has 3 nitrogen and oxygen atoms in total. The minimum Gasteiger partial charge on any atom is -0.354 e. The summed E-state index contributed by atoms with van der Waals surface area (Å²) in [6, 6.07) is 9.68. The van der Waals surface area contributed by atoms with E-state index in [0.717, 1.165) is 17.5 Å². The van der Waals surface area contributed by atoms with Crippen molar-refractivity contribution >= 4 is 17.7 Å². The van der Waals surface area contributed by atoms with E-state index in [2.05, 4.69) is 69.2 Å². The second-order valence-corrected chi connectivity index (χ2v) is 8.66. The lowest BCUT2D eigenvalue weighted by molar-refractivity contribution is -0.118. The van der Waals surface area contributed by atoms with Crippen LogP contribution in [-0.2, 0) is 10.2 Å². The number of amides is 1. The molecule has 1 atom stereocenters. The average Bonchev–Trinajstić information content (AvgIpc) is 3.34. The van der Waals surface area contributed by atoms with Gasteiger partial charge in [-0.05, 0) is 49.9 Å². The lowest BCUT2D eigenvalue weighted by Gasteiger charge is -2.24. The van der Waals surface area contributed by atoms with Gasteiger partial charge in [-0.25, -0.2) is 0 Å². The summed E-state index contributed by atoms with van der Waals surface area (Å²) in [4.78, 5) is 15.5. The van der Waals surface area contributed by atoms with Crippen LogP contribution in [0.3, 0.4) is 0 Å². The van der Waals surface area contributed by atoms with Crippen molar-refractivity contribution in [3.63, 3.8) is 0 Å². The lowest BCUT2D eigenvalue weighted by atomic mass is 9.87. The molecule has 1 amide bonds. The molecule has 23 heavy (non-hydrogen) atoms. The van der Waals surface area contributed by atoms with Gasteiger partial charge in [0, 0.05) is 23.5 Å². The van der Waals surface area contributed by atoms with E-state index in [-0.39, 0.29) is 11.3 Å². The number of nitrogens with zero attached hydrogens (tertiary/aromatic N) is 1. The molecule has 1 aliphatic rings. The van der Waals surface area contributed by atoms with Gasteiger partial charge in [-0.3, -0.25) is 9.69 Å². The Labute approximate surface area is 145 Å². The Morgan fingerprint density at radius 3 is 2.43 bits per heavy atom. The van der Waals surface area contributed by atoms with Crippen LogP contribution in [0, 0.1) is 0 Å². The summed E-state index contributed by atoms with van der Waals surface area (Å²) in [5.41, 5.74) is 1.49. The predicted molar refractivity (Wildman–Crippen MR) is 99.1 cm³/mol. The maximum atomic E-state index is 12.0. The lowest BCUT2D eigenvalue weighted by Crippen LogP contribution is -2.41. The molecule has 0 saturated heterocycles. The van der Waals surface area contributed by atoms with Crippen LogP contribution in [-0.4, -0.2) is 42.2 Å². The molecule has 1 saturated carbocycles. The molecule has 1 unspecified atom stereocenters. The standard InChI is InChI=1S/C19H30N2OS/c1-14(21(5)16-8-9-16)12-20-18(22)13-23-17-10-6-15(7-11-17)19(2,3)4/h6-7,10-11,14,16H,8-9,12-13H2,1-5H3,(H,20,22). The Hall–Kier alpha value is -1.00. The number of carbonyl (C=O) groups is 1. The van der Waals surface area contributed by atoms with Crippen LogP contribution in [0.4, 0.5) is 0 Å². The molecule has 1 aromatic rings. The van der Waals surface area contributed by atoms with Gasteiger partial charge in [0.15, 0.2) is 0 Å². The Morgan fingerprint density at radius 2 is 1.91 bits per heavy atom. The molecular formula is C19H30N2OS. The summed E-state index contributed by atoms with van der Waals surface area (Å²) in [6.45, 7) is 9.54. The van der Waals surface area contributed by atoms with Crippen LogP contribution in [0.5, 0.6) is 0 Å². The second-order valence-electron chi connectivity index (χ2n) is 7.61. The van der Waals surface area contributed by atoms with Crippen LogP contribution >= 0.6 is 11.8 Å². The molecule has 0 aromatic heterocycles. The first kappa shape index (κ1) is 18.3. The Kier molecular flexibility index (Phi) is 6.15. The number of hydrogen-bond donors (Lipinski definition) is 1. The topological polar surface area (TPSA) is 32.3 Å². The number of nitrogens with one attached hydrogen (secondary N) is 1. The SMILES string of the molecule is CC(CNC(=O)CSc1ccc(C(C)(C)C)cc1)N(C)C1CC1. The van der Waals surface area contributed by atoms with Crippen molar-refractivity contribution < 1.29 is 4.79 Å². The molecule has 0 radical (unpaired) electrons. The smallest absolute Gasteiger partial charge is 0.230 e. The molecule has 0 bridgehead atoms. The number of carbonyl (C=O) groups excluding carboxylic acids is 1. The van der Waals surface area contributed by atoms with Crippen molar-refractivity contribution in [2.24, 2.45) is 0 Å². The van der Waals surface area contributed by atoms with E-state index in [1.807, 2.05) is 0 Å². The highest BCUT2D eigenvalue weighted by Gasteiger charge is 2.29. The molecule has 0 spiro atoms. The zero-order chi connectivity index (χ0) is 17.0. The largest absolute Gasteiger partial charge is 0.354 e. The van der Waals surface area contributed by atoms with Crippen LogP contribution in [0.1, 0.15) is 46.1 Å². The van der Waals surface area contributed by atoms with E-state index in [4.69, 9.17) is 0 Å². The third-order valence-electron chi connectivity index (χ3n) is 4.50. The maximum absolute atomic E-state index is 12.0. The quantitative estimate of drug-likeness (QED) is 0.772. The molecule has 0 heterocycles. The normalized spacial score (nSPS) is 16.4. The molecule has 1 aliphatic carbocycles. The molecule has 4 heteroatoms. The summed E-state index contributed by atoms with van der Waals surface area (Å²) in [6.07, 6.45) is 2.60. The highest BCUT2D eigenvalue weighted by atomic mass is 32.2. The van der Waals surface area contributed by atoms with Crippen LogP contribution in [0.2, 0.25) is 0 Å². The van der Waals surface area contributed by atoms with Crippen LogP contribution in [0.15, 0.2) is 29.2 Å². The van der Waals surface area contributed by atoms with Crippen molar-refractivity contribution in [1.82, 2.24) is 10.2 Å². The fourth-order valence-electron chi connectivity index (χ4n) is 2.50. The molecular weight excluding hydrogens is 304 g/mol.